The standard InChI is InChI=1S/C14H25N3O3S/c1-3-10-17(11-4-2)21(18,19)16-13-5-7-14(8-6-13)20-12-9-15/h5-8,16H,3-4,9-12,15H2,1-2H3. The fourth-order valence-electron chi connectivity index (χ4n) is 1.86. The molecular formula is C14H25N3O3S. The Kier molecular flexibility index (Phi) is 7.49. The lowest BCUT2D eigenvalue weighted by Gasteiger charge is -2.21. The van der Waals surface area contributed by atoms with Gasteiger partial charge in [0.15, 0.2) is 0 Å². The maximum absolute atomic E-state index is 12.3. The molecule has 21 heavy (non-hydrogen) atoms. The van der Waals surface area contributed by atoms with E-state index in [1.165, 1.54) is 4.31 Å². The SMILES string of the molecule is CCCN(CCC)S(=O)(=O)Nc1ccc(OCCN)cc1. The van der Waals surface area contributed by atoms with Crippen molar-refractivity contribution in [2.45, 2.75) is 26.7 Å². The van der Waals surface area contributed by atoms with Gasteiger partial charge in [0.05, 0.1) is 5.69 Å². The lowest BCUT2D eigenvalue weighted by Crippen LogP contribution is -2.37. The Morgan fingerprint density at radius 1 is 1.14 bits per heavy atom. The monoisotopic (exact) mass is 315 g/mol. The topological polar surface area (TPSA) is 84.7 Å². The molecule has 0 fully saturated rings. The van der Waals surface area contributed by atoms with E-state index in [9.17, 15) is 8.42 Å². The van der Waals surface area contributed by atoms with Crippen molar-refractivity contribution in [2.75, 3.05) is 31.0 Å². The number of nitrogens with two attached hydrogens (primary N) is 1. The van der Waals surface area contributed by atoms with Gasteiger partial charge < -0.3 is 10.5 Å². The van der Waals surface area contributed by atoms with Gasteiger partial charge >= 0.3 is 10.2 Å². The summed E-state index contributed by atoms with van der Waals surface area (Å²) < 4.78 is 34.0. The zero-order valence-corrected chi connectivity index (χ0v) is 13.5. The minimum Gasteiger partial charge on any atom is -0.492 e. The van der Waals surface area contributed by atoms with Gasteiger partial charge in [-0.1, -0.05) is 13.8 Å². The van der Waals surface area contributed by atoms with Crippen LogP contribution in [0.1, 0.15) is 26.7 Å². The lowest BCUT2D eigenvalue weighted by atomic mass is 10.3. The highest BCUT2D eigenvalue weighted by Crippen LogP contribution is 2.17. The highest BCUT2D eigenvalue weighted by Gasteiger charge is 2.20. The normalized spacial score (nSPS) is 11.6. The molecule has 1 aromatic carbocycles. The minimum absolute atomic E-state index is 0.436. The van der Waals surface area contributed by atoms with Crippen molar-refractivity contribution >= 4 is 15.9 Å². The molecule has 120 valence electrons. The molecule has 0 heterocycles. The predicted molar refractivity (Wildman–Crippen MR) is 85.7 cm³/mol. The van der Waals surface area contributed by atoms with E-state index < -0.39 is 10.2 Å². The number of nitrogens with zero attached hydrogens (tertiary/aromatic N) is 1. The third kappa shape index (κ3) is 5.91. The molecule has 1 aromatic rings. The minimum atomic E-state index is -3.51. The average Bonchev–Trinajstić information content (AvgIpc) is 2.46. The van der Waals surface area contributed by atoms with E-state index in [0.717, 1.165) is 12.8 Å². The van der Waals surface area contributed by atoms with Crippen LogP contribution in [0.4, 0.5) is 5.69 Å². The van der Waals surface area contributed by atoms with Gasteiger partial charge in [-0.15, -0.1) is 0 Å². The summed E-state index contributed by atoms with van der Waals surface area (Å²) in [7, 11) is -3.51. The van der Waals surface area contributed by atoms with Gasteiger partial charge in [0, 0.05) is 19.6 Å². The molecule has 6 nitrogen and oxygen atoms in total. The van der Waals surface area contributed by atoms with Crippen molar-refractivity contribution in [1.82, 2.24) is 4.31 Å². The van der Waals surface area contributed by atoms with Crippen LogP contribution < -0.4 is 15.2 Å². The van der Waals surface area contributed by atoms with E-state index in [1.807, 2.05) is 13.8 Å². The third-order valence-electron chi connectivity index (χ3n) is 2.77. The molecule has 0 radical (unpaired) electrons. The molecule has 0 spiro atoms. The van der Waals surface area contributed by atoms with Crippen LogP contribution in [0.25, 0.3) is 0 Å². The van der Waals surface area contributed by atoms with Crippen LogP contribution in [0.3, 0.4) is 0 Å². The van der Waals surface area contributed by atoms with E-state index in [-0.39, 0.29) is 0 Å². The van der Waals surface area contributed by atoms with E-state index in [4.69, 9.17) is 10.5 Å². The fourth-order valence-corrected chi connectivity index (χ4v) is 3.27. The first-order valence-corrected chi connectivity index (χ1v) is 8.68. The first kappa shape index (κ1) is 17.7. The summed E-state index contributed by atoms with van der Waals surface area (Å²) in [6, 6.07) is 6.80. The van der Waals surface area contributed by atoms with E-state index in [0.29, 0.717) is 37.7 Å². The summed E-state index contributed by atoms with van der Waals surface area (Å²) in [5.41, 5.74) is 5.88. The van der Waals surface area contributed by atoms with E-state index >= 15 is 0 Å². The van der Waals surface area contributed by atoms with Gasteiger partial charge in [-0.2, -0.15) is 12.7 Å². The first-order valence-electron chi connectivity index (χ1n) is 7.24. The maximum atomic E-state index is 12.3. The van der Waals surface area contributed by atoms with Gasteiger partial charge in [-0.25, -0.2) is 0 Å². The van der Waals surface area contributed by atoms with E-state index in [2.05, 4.69) is 4.72 Å². The molecule has 7 heteroatoms. The third-order valence-corrected chi connectivity index (χ3v) is 4.31. The maximum Gasteiger partial charge on any atom is 0.301 e. The molecule has 0 saturated heterocycles. The summed E-state index contributed by atoms with van der Waals surface area (Å²) in [6.45, 7) is 5.83. The van der Waals surface area contributed by atoms with Gasteiger partial charge in [-0.05, 0) is 37.1 Å². The van der Waals surface area contributed by atoms with Crippen molar-refractivity contribution in [3.8, 4) is 5.75 Å². The Balaban J connectivity index is 2.73. The van der Waals surface area contributed by atoms with Crippen LogP contribution in [0, 0.1) is 0 Å². The second kappa shape index (κ2) is 8.86. The molecule has 0 aliphatic carbocycles. The second-order valence-electron chi connectivity index (χ2n) is 4.67. The zero-order valence-electron chi connectivity index (χ0n) is 12.7. The van der Waals surface area contributed by atoms with Crippen LogP contribution in [0.15, 0.2) is 24.3 Å². The highest BCUT2D eigenvalue weighted by atomic mass is 32.2. The molecule has 0 aliphatic rings. The summed E-state index contributed by atoms with van der Waals surface area (Å²) in [4.78, 5) is 0. The largest absolute Gasteiger partial charge is 0.492 e. The van der Waals surface area contributed by atoms with Crippen molar-refractivity contribution in [1.29, 1.82) is 0 Å². The van der Waals surface area contributed by atoms with Gasteiger partial charge in [0.1, 0.15) is 12.4 Å². The Morgan fingerprint density at radius 2 is 1.71 bits per heavy atom. The zero-order chi connectivity index (χ0) is 15.7. The van der Waals surface area contributed by atoms with Crippen molar-refractivity contribution < 1.29 is 13.2 Å². The molecule has 0 bridgehead atoms. The Hall–Kier alpha value is -1.31. The second-order valence-corrected chi connectivity index (χ2v) is 6.34. The van der Waals surface area contributed by atoms with Crippen LogP contribution in [-0.2, 0) is 10.2 Å². The Bertz CT molecular complexity index is 497. The molecule has 0 unspecified atom stereocenters. The summed E-state index contributed by atoms with van der Waals surface area (Å²) >= 11 is 0. The quantitative estimate of drug-likeness (QED) is 0.689. The summed E-state index contributed by atoms with van der Waals surface area (Å²) in [5, 5.41) is 0. The lowest BCUT2D eigenvalue weighted by molar-refractivity contribution is 0.328. The molecule has 0 amide bonds. The number of anilines is 1. The molecule has 0 atom stereocenters. The number of ether oxygens (including phenoxy) is 1. The van der Waals surface area contributed by atoms with Gasteiger partial charge in [0.25, 0.3) is 0 Å². The van der Waals surface area contributed by atoms with E-state index in [1.54, 1.807) is 24.3 Å². The number of hydrogen-bond acceptors (Lipinski definition) is 4. The molecule has 1 rings (SSSR count). The predicted octanol–water partition coefficient (Wildman–Crippen LogP) is 1.80. The number of hydrogen-bond donors (Lipinski definition) is 2. The Morgan fingerprint density at radius 3 is 2.19 bits per heavy atom. The highest BCUT2D eigenvalue weighted by molar-refractivity contribution is 7.90. The molecule has 3 N–H and O–H groups in total. The first-order chi connectivity index (χ1) is 10.0. The number of benzene rings is 1. The van der Waals surface area contributed by atoms with Crippen molar-refractivity contribution in [3.05, 3.63) is 24.3 Å². The van der Waals surface area contributed by atoms with Crippen LogP contribution in [-0.4, -0.2) is 39.0 Å². The van der Waals surface area contributed by atoms with Gasteiger partial charge in [0.2, 0.25) is 0 Å². The van der Waals surface area contributed by atoms with Crippen LogP contribution in [0.5, 0.6) is 5.75 Å². The Labute approximate surface area is 127 Å². The fraction of sp³-hybridized carbons (Fsp3) is 0.571. The molecule has 0 saturated carbocycles. The van der Waals surface area contributed by atoms with Gasteiger partial charge in [-0.3, -0.25) is 4.72 Å². The summed E-state index contributed by atoms with van der Waals surface area (Å²) in [5.74, 6) is 0.669. The van der Waals surface area contributed by atoms with Crippen molar-refractivity contribution in [2.24, 2.45) is 5.73 Å². The number of rotatable bonds is 10. The molecule has 0 aromatic heterocycles. The molecular weight excluding hydrogens is 290 g/mol. The van der Waals surface area contributed by atoms with Crippen LogP contribution >= 0.6 is 0 Å². The number of nitrogens with one attached hydrogen (secondary N) is 1. The van der Waals surface area contributed by atoms with Crippen LogP contribution in [0.2, 0.25) is 0 Å². The summed E-state index contributed by atoms with van der Waals surface area (Å²) in [6.07, 6.45) is 1.57. The average molecular weight is 315 g/mol. The van der Waals surface area contributed by atoms with Crippen molar-refractivity contribution in [3.63, 3.8) is 0 Å². The smallest absolute Gasteiger partial charge is 0.301 e. The molecule has 0 aliphatic heterocycles.